The van der Waals surface area contributed by atoms with Gasteiger partial charge in [0.15, 0.2) is 0 Å². The van der Waals surface area contributed by atoms with E-state index in [1.165, 1.54) is 0 Å². The van der Waals surface area contributed by atoms with E-state index in [4.69, 9.17) is 9.47 Å². The highest BCUT2D eigenvalue weighted by molar-refractivity contribution is 5.95. The molecule has 1 aromatic rings. The average Bonchev–Trinajstić information content (AvgIpc) is 2.90. The summed E-state index contributed by atoms with van der Waals surface area (Å²) in [6.07, 6.45) is 3.42. The van der Waals surface area contributed by atoms with Gasteiger partial charge in [-0.25, -0.2) is 0 Å². The first-order valence-corrected chi connectivity index (χ1v) is 9.10. The Morgan fingerprint density at radius 2 is 2.29 bits per heavy atom. The SMILES string of the molecule is Cc1cc(C(=O)N2CC[C@@H]3OCCC[C@@]3(COC(C)C)C2)c(C)[nH]1. The molecule has 0 bridgehead atoms. The van der Waals surface area contributed by atoms with Crippen LogP contribution in [0.5, 0.6) is 0 Å². The zero-order chi connectivity index (χ0) is 17.3. The van der Waals surface area contributed by atoms with Gasteiger partial charge in [-0.15, -0.1) is 0 Å². The number of likely N-dealkylation sites (tertiary alicyclic amines) is 1. The number of H-pyrrole nitrogens is 1. The minimum atomic E-state index is -0.0598. The van der Waals surface area contributed by atoms with Gasteiger partial charge in [-0.2, -0.15) is 0 Å². The number of aryl methyl sites for hydroxylation is 2. The summed E-state index contributed by atoms with van der Waals surface area (Å²) in [6.45, 7) is 11.1. The molecule has 24 heavy (non-hydrogen) atoms. The zero-order valence-corrected chi connectivity index (χ0v) is 15.4. The van der Waals surface area contributed by atoms with E-state index in [2.05, 4.69) is 18.8 Å². The van der Waals surface area contributed by atoms with Gasteiger partial charge in [0.1, 0.15) is 0 Å². The van der Waals surface area contributed by atoms with Gasteiger partial charge in [0.2, 0.25) is 0 Å². The number of amides is 1. The molecule has 5 nitrogen and oxygen atoms in total. The number of nitrogens with one attached hydrogen (secondary N) is 1. The lowest BCUT2D eigenvalue weighted by Crippen LogP contribution is -2.58. The van der Waals surface area contributed by atoms with Crippen molar-refractivity contribution in [2.24, 2.45) is 5.41 Å². The molecule has 0 unspecified atom stereocenters. The Hall–Kier alpha value is -1.33. The third-order valence-electron chi connectivity index (χ3n) is 5.36. The van der Waals surface area contributed by atoms with Crippen LogP contribution in [0.25, 0.3) is 0 Å². The summed E-state index contributed by atoms with van der Waals surface area (Å²) in [5.41, 5.74) is 2.72. The summed E-state index contributed by atoms with van der Waals surface area (Å²) in [5, 5.41) is 0. The fraction of sp³-hybridized carbons (Fsp3) is 0.737. The van der Waals surface area contributed by atoms with Crippen molar-refractivity contribution in [3.8, 4) is 0 Å². The smallest absolute Gasteiger partial charge is 0.255 e. The van der Waals surface area contributed by atoms with Gasteiger partial charge in [-0.3, -0.25) is 4.79 Å². The molecule has 5 heteroatoms. The molecule has 2 saturated heterocycles. The van der Waals surface area contributed by atoms with E-state index in [1.54, 1.807) is 0 Å². The number of piperidine rings is 1. The van der Waals surface area contributed by atoms with Crippen molar-refractivity contribution >= 4 is 5.91 Å². The maximum atomic E-state index is 13.0. The molecule has 3 heterocycles. The molecule has 2 aliphatic rings. The molecule has 1 N–H and O–H groups in total. The van der Waals surface area contributed by atoms with E-state index >= 15 is 0 Å². The van der Waals surface area contributed by atoms with Crippen LogP contribution in [0.1, 0.15) is 54.9 Å². The summed E-state index contributed by atoms with van der Waals surface area (Å²) in [7, 11) is 0. The molecular formula is C19H30N2O3. The number of rotatable bonds is 4. The van der Waals surface area contributed by atoms with Gasteiger partial charge in [-0.05, 0) is 53.0 Å². The first-order chi connectivity index (χ1) is 11.4. The van der Waals surface area contributed by atoms with Crippen LogP contribution < -0.4 is 0 Å². The molecule has 1 aromatic heterocycles. The normalized spacial score (nSPS) is 27.4. The summed E-state index contributed by atoms with van der Waals surface area (Å²) in [6, 6.07) is 1.96. The molecule has 1 amide bonds. The Kier molecular flexibility index (Phi) is 5.02. The van der Waals surface area contributed by atoms with Crippen molar-refractivity contribution in [1.82, 2.24) is 9.88 Å². The van der Waals surface area contributed by atoms with Gasteiger partial charge in [-0.1, -0.05) is 0 Å². The lowest BCUT2D eigenvalue weighted by Gasteiger charge is -2.50. The second-order valence-corrected chi connectivity index (χ2v) is 7.69. The lowest BCUT2D eigenvalue weighted by molar-refractivity contribution is -0.152. The third kappa shape index (κ3) is 3.38. The molecule has 0 radical (unpaired) electrons. The predicted molar refractivity (Wildman–Crippen MR) is 93.3 cm³/mol. The highest BCUT2D eigenvalue weighted by Crippen LogP contribution is 2.41. The first-order valence-electron chi connectivity index (χ1n) is 9.10. The minimum Gasteiger partial charge on any atom is -0.378 e. The second kappa shape index (κ2) is 6.89. The number of aromatic amines is 1. The topological polar surface area (TPSA) is 54.6 Å². The van der Waals surface area contributed by atoms with E-state index < -0.39 is 0 Å². The lowest BCUT2D eigenvalue weighted by atomic mass is 9.73. The molecule has 2 atom stereocenters. The highest BCUT2D eigenvalue weighted by atomic mass is 16.5. The average molecular weight is 334 g/mol. The zero-order valence-electron chi connectivity index (χ0n) is 15.4. The highest BCUT2D eigenvalue weighted by Gasteiger charge is 2.47. The van der Waals surface area contributed by atoms with Crippen LogP contribution >= 0.6 is 0 Å². The number of aromatic nitrogens is 1. The number of carbonyl (C=O) groups excluding carboxylic acids is 1. The largest absolute Gasteiger partial charge is 0.378 e. The Labute approximate surface area is 144 Å². The van der Waals surface area contributed by atoms with Crippen LogP contribution in [-0.4, -0.2) is 54.3 Å². The molecule has 0 saturated carbocycles. The standard InChI is InChI=1S/C19H30N2O3/c1-13(2)24-12-19-7-5-9-23-17(19)6-8-21(11-19)18(22)16-10-14(3)20-15(16)4/h10,13,17,20H,5-9,11-12H2,1-4H3/t17-,19-/m0/s1. The fourth-order valence-corrected chi connectivity index (χ4v) is 4.12. The van der Waals surface area contributed by atoms with Gasteiger partial charge in [0.05, 0.1) is 24.4 Å². The molecule has 2 aliphatic heterocycles. The van der Waals surface area contributed by atoms with Gasteiger partial charge >= 0.3 is 0 Å². The monoisotopic (exact) mass is 334 g/mol. The van der Waals surface area contributed by atoms with Crippen molar-refractivity contribution in [3.63, 3.8) is 0 Å². The van der Waals surface area contributed by atoms with Crippen LogP contribution in [0.4, 0.5) is 0 Å². The van der Waals surface area contributed by atoms with E-state index in [0.717, 1.165) is 55.9 Å². The molecule has 2 fully saturated rings. The number of fused-ring (bicyclic) bond motifs is 1. The Morgan fingerprint density at radius 1 is 1.50 bits per heavy atom. The van der Waals surface area contributed by atoms with Crippen molar-refractivity contribution in [1.29, 1.82) is 0 Å². The third-order valence-corrected chi connectivity index (χ3v) is 5.36. The van der Waals surface area contributed by atoms with Crippen molar-refractivity contribution in [2.75, 3.05) is 26.3 Å². The van der Waals surface area contributed by atoms with Gasteiger partial charge in [0.25, 0.3) is 5.91 Å². The maximum absolute atomic E-state index is 13.0. The van der Waals surface area contributed by atoms with E-state index in [1.807, 2.05) is 24.8 Å². The van der Waals surface area contributed by atoms with Crippen LogP contribution in [0.3, 0.4) is 0 Å². The maximum Gasteiger partial charge on any atom is 0.255 e. The van der Waals surface area contributed by atoms with E-state index in [-0.39, 0.29) is 23.5 Å². The molecule has 3 rings (SSSR count). The molecule has 0 spiro atoms. The second-order valence-electron chi connectivity index (χ2n) is 7.69. The van der Waals surface area contributed by atoms with E-state index in [0.29, 0.717) is 6.61 Å². The minimum absolute atomic E-state index is 0.0598. The summed E-state index contributed by atoms with van der Waals surface area (Å²) in [4.78, 5) is 18.3. The molecular weight excluding hydrogens is 304 g/mol. The number of hydrogen-bond acceptors (Lipinski definition) is 3. The molecule has 134 valence electrons. The van der Waals surface area contributed by atoms with Gasteiger partial charge < -0.3 is 19.4 Å². The van der Waals surface area contributed by atoms with E-state index in [9.17, 15) is 4.79 Å². The number of hydrogen-bond donors (Lipinski definition) is 1. The Balaban J connectivity index is 1.79. The number of ether oxygens (including phenoxy) is 2. The number of nitrogens with zero attached hydrogens (tertiary/aromatic N) is 1. The fourth-order valence-electron chi connectivity index (χ4n) is 4.12. The Bertz CT molecular complexity index is 595. The van der Waals surface area contributed by atoms with Crippen molar-refractivity contribution in [3.05, 3.63) is 23.0 Å². The van der Waals surface area contributed by atoms with Crippen LogP contribution in [0.2, 0.25) is 0 Å². The van der Waals surface area contributed by atoms with Crippen LogP contribution in [-0.2, 0) is 9.47 Å². The quantitative estimate of drug-likeness (QED) is 0.921. The number of carbonyl (C=O) groups is 1. The summed E-state index contributed by atoms with van der Waals surface area (Å²) >= 11 is 0. The summed E-state index contributed by atoms with van der Waals surface area (Å²) in [5.74, 6) is 0.129. The molecule has 0 aliphatic carbocycles. The van der Waals surface area contributed by atoms with Crippen molar-refractivity contribution < 1.29 is 14.3 Å². The predicted octanol–water partition coefficient (Wildman–Crippen LogP) is 3.07. The van der Waals surface area contributed by atoms with Crippen molar-refractivity contribution in [2.45, 2.75) is 59.2 Å². The molecule has 0 aromatic carbocycles. The van der Waals surface area contributed by atoms with Crippen LogP contribution in [0, 0.1) is 19.3 Å². The van der Waals surface area contributed by atoms with Gasteiger partial charge in [0, 0.05) is 36.5 Å². The Morgan fingerprint density at radius 3 is 2.96 bits per heavy atom. The summed E-state index contributed by atoms with van der Waals surface area (Å²) < 4.78 is 12.0. The van der Waals surface area contributed by atoms with Crippen LogP contribution in [0.15, 0.2) is 6.07 Å². The first kappa shape index (κ1) is 17.5.